The molecule has 1 N–H and O–H groups in total. The largest absolute Gasteiger partial charge is 0.487 e. The molecule has 0 saturated heterocycles. The number of hydrogen-bond acceptors (Lipinski definition) is 5. The Kier molecular flexibility index (Phi) is 4.52. The van der Waals surface area contributed by atoms with Gasteiger partial charge in [-0.3, -0.25) is 9.78 Å². The highest BCUT2D eigenvalue weighted by molar-refractivity contribution is 6.28. The maximum atomic E-state index is 11.8. The van der Waals surface area contributed by atoms with Crippen molar-refractivity contribution in [1.29, 1.82) is 0 Å². The first-order valence-electron chi connectivity index (χ1n) is 5.97. The highest BCUT2D eigenvalue weighted by Gasteiger charge is 2.14. The summed E-state index contributed by atoms with van der Waals surface area (Å²) in [7, 11) is 1.61. The number of pyridine rings is 1. The first kappa shape index (κ1) is 14.3. The minimum atomic E-state index is -0.394. The van der Waals surface area contributed by atoms with Crippen molar-refractivity contribution in [2.45, 2.75) is 13.0 Å². The average Bonchev–Trinajstić information content (AvgIpc) is 2.77. The molecule has 8 heteroatoms. The minimum Gasteiger partial charge on any atom is -0.487 e. The quantitative estimate of drug-likeness (QED) is 0.892. The molecule has 7 nitrogen and oxygen atoms in total. The predicted octanol–water partition coefficient (Wildman–Crippen LogP) is 1.06. The van der Waals surface area contributed by atoms with Gasteiger partial charge in [0.1, 0.15) is 11.9 Å². The number of ether oxygens (including phenoxy) is 1. The lowest BCUT2D eigenvalue weighted by atomic mass is 10.3. The zero-order valence-corrected chi connectivity index (χ0v) is 11.8. The molecule has 106 valence electrons. The molecule has 0 spiro atoms. The molecule has 0 aromatic carbocycles. The monoisotopic (exact) mass is 295 g/mol. The molecule has 0 saturated carbocycles. The summed E-state index contributed by atoms with van der Waals surface area (Å²) in [4.78, 5) is 19.6. The van der Waals surface area contributed by atoms with E-state index < -0.39 is 5.91 Å². The van der Waals surface area contributed by atoms with Crippen molar-refractivity contribution in [2.24, 2.45) is 7.05 Å². The normalized spacial score (nSPS) is 11.9. The second kappa shape index (κ2) is 6.33. The van der Waals surface area contributed by atoms with Crippen molar-refractivity contribution in [3.05, 3.63) is 35.6 Å². The van der Waals surface area contributed by atoms with E-state index in [1.165, 1.54) is 4.68 Å². The van der Waals surface area contributed by atoms with Crippen LogP contribution in [0, 0.1) is 0 Å². The van der Waals surface area contributed by atoms with E-state index in [9.17, 15) is 4.79 Å². The van der Waals surface area contributed by atoms with Gasteiger partial charge >= 0.3 is 0 Å². The Bertz CT molecular complexity index is 567. The molecular weight excluding hydrogens is 282 g/mol. The second-order valence-corrected chi connectivity index (χ2v) is 4.49. The SMILES string of the molecule is CC(CNC(=O)c1nc(Cl)n(C)n1)Oc1cccnc1. The zero-order valence-electron chi connectivity index (χ0n) is 11.1. The third-order valence-corrected chi connectivity index (χ3v) is 2.76. The van der Waals surface area contributed by atoms with E-state index in [0.29, 0.717) is 12.3 Å². The topological polar surface area (TPSA) is 81.9 Å². The molecule has 0 fully saturated rings. The van der Waals surface area contributed by atoms with Crippen LogP contribution >= 0.6 is 11.6 Å². The van der Waals surface area contributed by atoms with E-state index in [2.05, 4.69) is 20.4 Å². The zero-order chi connectivity index (χ0) is 14.5. The number of hydrogen-bond donors (Lipinski definition) is 1. The van der Waals surface area contributed by atoms with Gasteiger partial charge < -0.3 is 10.1 Å². The number of carbonyl (C=O) groups excluding carboxylic acids is 1. The summed E-state index contributed by atoms with van der Waals surface area (Å²) >= 11 is 5.72. The van der Waals surface area contributed by atoms with Crippen molar-refractivity contribution >= 4 is 17.5 Å². The van der Waals surface area contributed by atoms with Gasteiger partial charge in [0.05, 0.1) is 12.7 Å². The molecule has 2 rings (SSSR count). The van der Waals surface area contributed by atoms with Crippen molar-refractivity contribution in [3.8, 4) is 5.75 Å². The van der Waals surface area contributed by atoms with Crippen LogP contribution in [0.2, 0.25) is 5.28 Å². The lowest BCUT2D eigenvalue weighted by molar-refractivity contribution is 0.0921. The summed E-state index contributed by atoms with van der Waals surface area (Å²) < 4.78 is 6.91. The van der Waals surface area contributed by atoms with Crippen LogP contribution in [0.4, 0.5) is 0 Å². The average molecular weight is 296 g/mol. The van der Waals surface area contributed by atoms with E-state index in [-0.39, 0.29) is 17.2 Å². The maximum Gasteiger partial charge on any atom is 0.291 e. The van der Waals surface area contributed by atoms with Crippen molar-refractivity contribution in [1.82, 2.24) is 25.1 Å². The van der Waals surface area contributed by atoms with Crippen molar-refractivity contribution in [2.75, 3.05) is 6.54 Å². The summed E-state index contributed by atoms with van der Waals surface area (Å²) in [6.07, 6.45) is 3.07. The van der Waals surface area contributed by atoms with Crippen LogP contribution in [0.3, 0.4) is 0 Å². The van der Waals surface area contributed by atoms with Gasteiger partial charge in [-0.15, -0.1) is 5.10 Å². The van der Waals surface area contributed by atoms with E-state index in [0.717, 1.165) is 0 Å². The van der Waals surface area contributed by atoms with Crippen LogP contribution < -0.4 is 10.1 Å². The molecule has 0 aliphatic heterocycles. The van der Waals surface area contributed by atoms with Crippen LogP contribution in [-0.2, 0) is 7.05 Å². The highest BCUT2D eigenvalue weighted by Crippen LogP contribution is 2.08. The lowest BCUT2D eigenvalue weighted by Crippen LogP contribution is -2.34. The summed E-state index contributed by atoms with van der Waals surface area (Å²) in [5, 5.41) is 6.72. The van der Waals surface area contributed by atoms with Gasteiger partial charge in [-0.2, -0.15) is 4.98 Å². The molecule has 0 radical (unpaired) electrons. The predicted molar refractivity (Wildman–Crippen MR) is 72.7 cm³/mol. The Hall–Kier alpha value is -2.15. The molecular formula is C12H14ClN5O2. The van der Waals surface area contributed by atoms with Gasteiger partial charge in [-0.05, 0) is 30.7 Å². The maximum absolute atomic E-state index is 11.8. The Morgan fingerprint density at radius 1 is 1.60 bits per heavy atom. The summed E-state index contributed by atoms with van der Waals surface area (Å²) in [5.74, 6) is 0.286. The standard InChI is InChI=1S/C12H14ClN5O2/c1-8(20-9-4-3-5-14-7-9)6-15-11(19)10-16-12(13)18(2)17-10/h3-5,7-8H,6H2,1-2H3,(H,15,19). The third kappa shape index (κ3) is 3.67. The van der Waals surface area contributed by atoms with Crippen LogP contribution in [0.1, 0.15) is 17.5 Å². The number of carbonyl (C=O) groups is 1. The number of nitrogens with one attached hydrogen (secondary N) is 1. The van der Waals surface area contributed by atoms with Crippen molar-refractivity contribution in [3.63, 3.8) is 0 Å². The van der Waals surface area contributed by atoms with E-state index in [1.54, 1.807) is 31.6 Å². The van der Waals surface area contributed by atoms with E-state index in [4.69, 9.17) is 16.3 Å². The molecule has 0 aliphatic rings. The van der Waals surface area contributed by atoms with Crippen LogP contribution in [-0.4, -0.2) is 38.3 Å². The van der Waals surface area contributed by atoms with Crippen molar-refractivity contribution < 1.29 is 9.53 Å². The Morgan fingerprint density at radius 2 is 2.40 bits per heavy atom. The molecule has 20 heavy (non-hydrogen) atoms. The number of aromatic nitrogens is 4. The van der Waals surface area contributed by atoms with Gasteiger partial charge in [0.15, 0.2) is 0 Å². The van der Waals surface area contributed by atoms with Gasteiger partial charge in [-0.1, -0.05) is 0 Å². The molecule has 0 bridgehead atoms. The van der Waals surface area contributed by atoms with Crippen LogP contribution in [0.5, 0.6) is 5.75 Å². The fourth-order valence-electron chi connectivity index (χ4n) is 1.47. The minimum absolute atomic E-state index is 0.0334. The number of amides is 1. The molecule has 2 heterocycles. The van der Waals surface area contributed by atoms with E-state index >= 15 is 0 Å². The molecule has 2 aromatic rings. The van der Waals surface area contributed by atoms with Gasteiger partial charge in [0.25, 0.3) is 5.91 Å². The van der Waals surface area contributed by atoms with Crippen LogP contribution in [0.25, 0.3) is 0 Å². The molecule has 1 atom stereocenters. The molecule has 1 unspecified atom stereocenters. The number of aryl methyl sites for hydroxylation is 1. The first-order chi connectivity index (χ1) is 9.56. The third-order valence-electron chi connectivity index (χ3n) is 2.43. The van der Waals surface area contributed by atoms with Crippen LogP contribution in [0.15, 0.2) is 24.5 Å². The van der Waals surface area contributed by atoms with Gasteiger partial charge in [-0.25, -0.2) is 4.68 Å². The lowest BCUT2D eigenvalue weighted by Gasteiger charge is -2.14. The number of rotatable bonds is 5. The number of nitrogens with zero attached hydrogens (tertiary/aromatic N) is 4. The fourth-order valence-corrected chi connectivity index (χ4v) is 1.59. The van der Waals surface area contributed by atoms with Gasteiger partial charge in [0, 0.05) is 13.2 Å². The Labute approximate surface area is 120 Å². The summed E-state index contributed by atoms with van der Waals surface area (Å²) in [6, 6.07) is 3.58. The highest BCUT2D eigenvalue weighted by atomic mass is 35.5. The van der Waals surface area contributed by atoms with Gasteiger partial charge in [0.2, 0.25) is 11.1 Å². The Morgan fingerprint density at radius 3 is 3.00 bits per heavy atom. The first-order valence-corrected chi connectivity index (χ1v) is 6.35. The molecule has 0 aliphatic carbocycles. The summed E-state index contributed by atoms with van der Waals surface area (Å²) in [5.41, 5.74) is 0. The molecule has 2 aromatic heterocycles. The fraction of sp³-hybridized carbons (Fsp3) is 0.333. The van der Waals surface area contributed by atoms with E-state index in [1.807, 2.05) is 6.92 Å². The number of halogens is 1. The summed E-state index contributed by atoms with van der Waals surface area (Å²) in [6.45, 7) is 2.16. The smallest absolute Gasteiger partial charge is 0.291 e. The Balaban J connectivity index is 1.84. The second-order valence-electron chi connectivity index (χ2n) is 4.16. The molecule has 1 amide bonds.